The number of carbonyl (C=O) groups excluding carboxylic acids is 2. The number of ether oxygens (including phenoxy) is 2. The Morgan fingerprint density at radius 1 is 0.845 bits per heavy atom. The SMILES string of the molecule is Cc1ccc(C(C)n2cc(-c3nc4cc(F)c(F)cc4n3C(=O)OC(C)(C)C)c3c(N4CCC(NC(=O)OC(C)(C)C)CC4)c(-c4cc(C)cc(F)c4)cnc32)nc1. The molecule has 1 unspecified atom stereocenters. The minimum Gasteiger partial charge on any atom is -0.444 e. The fourth-order valence-electron chi connectivity index (χ4n) is 7.43. The summed E-state index contributed by atoms with van der Waals surface area (Å²) in [7, 11) is 0. The number of pyridine rings is 2. The fourth-order valence-corrected chi connectivity index (χ4v) is 7.43. The lowest BCUT2D eigenvalue weighted by molar-refractivity contribution is 0.0494. The van der Waals surface area contributed by atoms with Gasteiger partial charge < -0.3 is 24.3 Å². The molecule has 1 amide bonds. The molecular weight excluding hydrogens is 748 g/mol. The summed E-state index contributed by atoms with van der Waals surface area (Å²) in [6.07, 6.45) is 5.08. The Hall–Kier alpha value is -5.92. The number of aryl methyl sites for hydroxylation is 2. The molecule has 1 fully saturated rings. The average molecular weight is 796 g/mol. The van der Waals surface area contributed by atoms with Gasteiger partial charge in [-0.1, -0.05) is 12.1 Å². The Labute approximate surface area is 335 Å². The van der Waals surface area contributed by atoms with E-state index < -0.39 is 46.9 Å². The Morgan fingerprint density at radius 3 is 2.17 bits per heavy atom. The first-order valence-electron chi connectivity index (χ1n) is 19.4. The Balaban J connectivity index is 1.51. The molecule has 1 saturated heterocycles. The van der Waals surface area contributed by atoms with Gasteiger partial charge in [-0.15, -0.1) is 0 Å². The van der Waals surface area contributed by atoms with Crippen molar-refractivity contribution in [3.8, 4) is 22.5 Å². The molecule has 0 saturated carbocycles. The van der Waals surface area contributed by atoms with Crippen LogP contribution in [0.5, 0.6) is 0 Å². The summed E-state index contributed by atoms with van der Waals surface area (Å²) in [5, 5.41) is 3.57. The molecule has 2 aromatic carbocycles. The van der Waals surface area contributed by atoms with Crippen LogP contribution in [0.25, 0.3) is 44.6 Å². The van der Waals surface area contributed by atoms with E-state index in [0.717, 1.165) is 28.0 Å². The van der Waals surface area contributed by atoms with Crippen LogP contribution in [0.1, 0.15) is 84.2 Å². The van der Waals surface area contributed by atoms with E-state index in [0.29, 0.717) is 64.9 Å². The molecule has 7 rings (SSSR count). The Kier molecular flexibility index (Phi) is 10.5. The highest BCUT2D eigenvalue weighted by atomic mass is 19.2. The highest BCUT2D eigenvalue weighted by molar-refractivity contribution is 6.09. The number of nitrogens with one attached hydrogen (secondary N) is 1. The zero-order valence-electron chi connectivity index (χ0n) is 34.2. The topological polar surface area (TPSA) is 116 Å². The van der Waals surface area contributed by atoms with Crippen LogP contribution in [-0.4, -0.2) is 66.6 Å². The van der Waals surface area contributed by atoms with Crippen LogP contribution in [0.15, 0.2) is 61.1 Å². The molecule has 1 aliphatic rings. The summed E-state index contributed by atoms with van der Waals surface area (Å²) in [6.45, 7) is 17.2. The normalized spacial score (nSPS) is 14.6. The molecule has 0 bridgehead atoms. The molecular formula is C44H48F3N7O4. The number of halogens is 3. The largest absolute Gasteiger partial charge is 0.444 e. The number of fused-ring (bicyclic) bond motifs is 2. The minimum atomic E-state index is -1.15. The summed E-state index contributed by atoms with van der Waals surface area (Å²) in [6, 6.07) is 9.99. The number of piperidine rings is 1. The molecule has 0 radical (unpaired) electrons. The number of amides is 1. The van der Waals surface area contributed by atoms with Gasteiger partial charge in [0.2, 0.25) is 0 Å². The molecule has 4 aromatic heterocycles. The van der Waals surface area contributed by atoms with Crippen molar-refractivity contribution in [2.45, 2.75) is 98.4 Å². The third-order valence-electron chi connectivity index (χ3n) is 9.99. The number of hydrogen-bond acceptors (Lipinski definition) is 8. The van der Waals surface area contributed by atoms with Crippen molar-refractivity contribution >= 4 is 39.9 Å². The lowest BCUT2D eigenvalue weighted by Gasteiger charge is -2.36. The molecule has 304 valence electrons. The van der Waals surface area contributed by atoms with E-state index in [2.05, 4.69) is 10.2 Å². The van der Waals surface area contributed by atoms with Crippen LogP contribution in [0.2, 0.25) is 0 Å². The maximum Gasteiger partial charge on any atom is 0.420 e. The van der Waals surface area contributed by atoms with Gasteiger partial charge in [-0.05, 0) is 110 Å². The second-order valence-electron chi connectivity index (χ2n) is 17.0. The zero-order chi connectivity index (χ0) is 41.8. The highest BCUT2D eigenvalue weighted by Gasteiger charge is 2.33. The second-order valence-corrected chi connectivity index (χ2v) is 17.0. The summed E-state index contributed by atoms with van der Waals surface area (Å²) in [5.41, 5.74) is 3.67. The van der Waals surface area contributed by atoms with Crippen LogP contribution in [0.3, 0.4) is 0 Å². The summed E-state index contributed by atoms with van der Waals surface area (Å²) >= 11 is 0. The predicted molar refractivity (Wildman–Crippen MR) is 218 cm³/mol. The summed E-state index contributed by atoms with van der Waals surface area (Å²) < 4.78 is 59.5. The number of nitrogens with zero attached hydrogens (tertiary/aromatic N) is 6. The monoisotopic (exact) mass is 795 g/mol. The lowest BCUT2D eigenvalue weighted by atomic mass is 9.97. The number of hydrogen-bond donors (Lipinski definition) is 1. The average Bonchev–Trinajstić information content (AvgIpc) is 3.68. The van der Waals surface area contributed by atoms with Gasteiger partial charge in [0.05, 0.1) is 33.8 Å². The predicted octanol–water partition coefficient (Wildman–Crippen LogP) is 10.0. The van der Waals surface area contributed by atoms with E-state index in [1.807, 2.05) is 70.5 Å². The van der Waals surface area contributed by atoms with Gasteiger partial charge in [-0.3, -0.25) is 4.98 Å². The van der Waals surface area contributed by atoms with Crippen molar-refractivity contribution < 1.29 is 32.2 Å². The Morgan fingerprint density at radius 2 is 1.53 bits per heavy atom. The van der Waals surface area contributed by atoms with Crippen LogP contribution in [0.4, 0.5) is 28.4 Å². The molecule has 14 heteroatoms. The van der Waals surface area contributed by atoms with Gasteiger partial charge in [0, 0.05) is 61.0 Å². The zero-order valence-corrected chi connectivity index (χ0v) is 34.2. The van der Waals surface area contributed by atoms with Crippen LogP contribution >= 0.6 is 0 Å². The van der Waals surface area contributed by atoms with Gasteiger partial charge in [0.15, 0.2) is 17.5 Å². The van der Waals surface area contributed by atoms with Gasteiger partial charge in [0.25, 0.3) is 0 Å². The van der Waals surface area contributed by atoms with Gasteiger partial charge in [-0.2, -0.15) is 0 Å². The molecule has 0 spiro atoms. The number of carbonyl (C=O) groups is 2. The van der Waals surface area contributed by atoms with E-state index in [1.54, 1.807) is 33.2 Å². The first-order valence-corrected chi connectivity index (χ1v) is 19.4. The maximum absolute atomic E-state index is 15.2. The van der Waals surface area contributed by atoms with E-state index in [9.17, 15) is 18.4 Å². The number of imidazole rings is 1. The highest BCUT2D eigenvalue weighted by Crippen LogP contribution is 2.45. The van der Waals surface area contributed by atoms with E-state index >= 15 is 4.39 Å². The smallest absolute Gasteiger partial charge is 0.420 e. The molecule has 58 heavy (non-hydrogen) atoms. The lowest BCUT2D eigenvalue weighted by Crippen LogP contribution is -2.46. The second kappa shape index (κ2) is 15.1. The van der Waals surface area contributed by atoms with Crippen molar-refractivity contribution in [2.24, 2.45) is 0 Å². The molecule has 0 aliphatic carbocycles. The van der Waals surface area contributed by atoms with Crippen LogP contribution in [0, 0.1) is 31.3 Å². The number of benzene rings is 2. The fraction of sp³-hybridized carbons (Fsp3) is 0.386. The molecule has 11 nitrogen and oxygen atoms in total. The van der Waals surface area contributed by atoms with Crippen molar-refractivity contribution in [1.82, 2.24) is 29.4 Å². The molecule has 5 heterocycles. The summed E-state index contributed by atoms with van der Waals surface area (Å²) in [5.74, 6) is -2.63. The Bertz CT molecular complexity index is 2520. The third-order valence-corrected chi connectivity index (χ3v) is 9.99. The van der Waals surface area contributed by atoms with Crippen molar-refractivity contribution in [1.29, 1.82) is 0 Å². The van der Waals surface area contributed by atoms with Crippen LogP contribution < -0.4 is 10.2 Å². The van der Waals surface area contributed by atoms with Crippen LogP contribution in [-0.2, 0) is 9.47 Å². The molecule has 1 N–H and O–H groups in total. The van der Waals surface area contributed by atoms with Crippen molar-refractivity contribution in [3.05, 3.63) is 95.3 Å². The number of anilines is 1. The number of alkyl carbamates (subject to hydrolysis) is 1. The first-order chi connectivity index (χ1) is 27.3. The van der Waals surface area contributed by atoms with E-state index in [-0.39, 0.29) is 22.9 Å². The minimum absolute atomic E-state index is 0.0118. The van der Waals surface area contributed by atoms with Gasteiger partial charge in [-0.25, -0.2) is 37.3 Å². The quantitative estimate of drug-likeness (QED) is 0.177. The molecule has 6 aromatic rings. The summed E-state index contributed by atoms with van der Waals surface area (Å²) in [4.78, 5) is 43.6. The van der Waals surface area contributed by atoms with E-state index in [1.165, 1.54) is 12.1 Å². The van der Waals surface area contributed by atoms with Crippen molar-refractivity contribution in [2.75, 3.05) is 18.0 Å². The number of rotatable bonds is 6. The van der Waals surface area contributed by atoms with Crippen molar-refractivity contribution in [3.63, 3.8) is 0 Å². The van der Waals surface area contributed by atoms with E-state index in [4.69, 9.17) is 24.4 Å². The number of aromatic nitrogens is 5. The molecule has 1 atom stereocenters. The maximum atomic E-state index is 15.2. The van der Waals surface area contributed by atoms with Gasteiger partial charge in [0.1, 0.15) is 22.7 Å². The molecule has 1 aliphatic heterocycles. The van der Waals surface area contributed by atoms with Gasteiger partial charge >= 0.3 is 12.2 Å². The standard InChI is InChI=1S/C44H48F3N7O4/c1-24-10-11-34(48-21-24)26(3)53-23-31(39-51-35-19-32(46)33(47)20-36(35)54(39)42(56)58-44(7,8)9)37-38(30(22-49-40(37)53)27-16-25(2)17-28(45)18-27)52-14-12-29(13-15-52)50-41(55)57-43(4,5)6/h10-11,16-23,26,29H,12-15H2,1-9H3,(H,50,55). The third kappa shape index (κ3) is 8.23. The first kappa shape index (κ1) is 40.3.